The second kappa shape index (κ2) is 5.16. The number of carbonyl (C=O) groups is 1. The minimum atomic E-state index is -0.147. The fourth-order valence-electron chi connectivity index (χ4n) is 2.14. The highest BCUT2D eigenvalue weighted by Gasteiger charge is 2.33. The minimum Gasteiger partial charge on any atom is -0.506 e. The van der Waals surface area contributed by atoms with Crippen LogP contribution in [0.15, 0.2) is 12.1 Å². The predicted molar refractivity (Wildman–Crippen MR) is 68.6 cm³/mol. The molecule has 18 heavy (non-hydrogen) atoms. The van der Waals surface area contributed by atoms with Crippen LogP contribution in [0, 0.1) is 12.8 Å². The molecule has 1 aliphatic rings. The largest absolute Gasteiger partial charge is 0.506 e. The molecule has 1 aliphatic heterocycles. The van der Waals surface area contributed by atoms with Gasteiger partial charge in [0.05, 0.1) is 18.1 Å². The van der Waals surface area contributed by atoms with E-state index < -0.39 is 0 Å². The molecule has 1 fully saturated rings. The summed E-state index contributed by atoms with van der Waals surface area (Å²) < 4.78 is 4.69. The van der Waals surface area contributed by atoms with E-state index >= 15 is 0 Å². The Labute approximate surface area is 111 Å². The molecule has 0 bridgehead atoms. The van der Waals surface area contributed by atoms with Gasteiger partial charge in [-0.25, -0.2) is 0 Å². The first-order valence-corrected chi connectivity index (χ1v) is 6.18. The van der Waals surface area contributed by atoms with Crippen molar-refractivity contribution in [3.8, 4) is 5.75 Å². The molecule has 2 rings (SSSR count). The summed E-state index contributed by atoms with van der Waals surface area (Å²) in [7, 11) is 1.41. The lowest BCUT2D eigenvalue weighted by molar-refractivity contribution is -0.151. The lowest BCUT2D eigenvalue weighted by atomic mass is 9.98. The molecule has 0 aromatic heterocycles. The molecular formula is C13H16ClNO3. The zero-order chi connectivity index (χ0) is 13.3. The van der Waals surface area contributed by atoms with Crippen LogP contribution in [0.3, 0.4) is 0 Å². The normalized spacial score (nSPS) is 16.4. The third-order valence-electron chi connectivity index (χ3n) is 3.36. The van der Waals surface area contributed by atoms with Gasteiger partial charge in [0.25, 0.3) is 0 Å². The summed E-state index contributed by atoms with van der Waals surface area (Å²) in [6, 6.07) is 3.46. The first kappa shape index (κ1) is 13.2. The molecule has 1 N–H and O–H groups in total. The predicted octanol–water partition coefficient (Wildman–Crippen LogP) is 1.96. The number of phenols is 1. The zero-order valence-electron chi connectivity index (χ0n) is 10.4. The molecule has 4 nitrogen and oxygen atoms in total. The summed E-state index contributed by atoms with van der Waals surface area (Å²) in [5.74, 6) is -0.0523. The molecule has 98 valence electrons. The van der Waals surface area contributed by atoms with E-state index in [-0.39, 0.29) is 17.6 Å². The molecule has 5 heteroatoms. The molecule has 1 aromatic rings. The Morgan fingerprint density at radius 3 is 2.83 bits per heavy atom. The van der Waals surface area contributed by atoms with E-state index in [0.717, 1.165) is 17.7 Å². The maximum absolute atomic E-state index is 11.3. The van der Waals surface area contributed by atoms with E-state index in [0.29, 0.717) is 18.1 Å². The number of hydrogen-bond acceptors (Lipinski definition) is 4. The average molecular weight is 270 g/mol. The van der Waals surface area contributed by atoms with Gasteiger partial charge >= 0.3 is 5.97 Å². The monoisotopic (exact) mass is 269 g/mol. The number of phenolic OH excluding ortho intramolecular Hbond substituents is 1. The number of benzene rings is 1. The number of rotatable bonds is 3. The third kappa shape index (κ3) is 2.44. The summed E-state index contributed by atoms with van der Waals surface area (Å²) in [4.78, 5) is 13.4. The van der Waals surface area contributed by atoms with Gasteiger partial charge in [-0.05, 0) is 24.1 Å². The van der Waals surface area contributed by atoms with E-state index in [2.05, 4.69) is 4.90 Å². The smallest absolute Gasteiger partial charge is 0.311 e. The van der Waals surface area contributed by atoms with Crippen LogP contribution in [0.1, 0.15) is 11.1 Å². The van der Waals surface area contributed by atoms with Gasteiger partial charge in [-0.15, -0.1) is 0 Å². The van der Waals surface area contributed by atoms with Crippen molar-refractivity contribution in [3.05, 3.63) is 28.3 Å². The Balaban J connectivity index is 1.97. The molecule has 0 unspecified atom stereocenters. The van der Waals surface area contributed by atoms with Gasteiger partial charge in [0, 0.05) is 19.6 Å². The number of aromatic hydroxyl groups is 1. The van der Waals surface area contributed by atoms with Crippen molar-refractivity contribution in [2.45, 2.75) is 13.5 Å². The van der Waals surface area contributed by atoms with Crippen LogP contribution in [0.2, 0.25) is 5.02 Å². The summed E-state index contributed by atoms with van der Waals surface area (Å²) in [6.45, 7) is 4.05. The van der Waals surface area contributed by atoms with Crippen LogP contribution in [-0.2, 0) is 16.1 Å². The highest BCUT2D eigenvalue weighted by Crippen LogP contribution is 2.30. The molecule has 0 aliphatic carbocycles. The van der Waals surface area contributed by atoms with Crippen molar-refractivity contribution in [2.24, 2.45) is 5.92 Å². The summed E-state index contributed by atoms with van der Waals surface area (Å²) in [6.07, 6.45) is 0. The van der Waals surface area contributed by atoms with Crippen molar-refractivity contribution in [2.75, 3.05) is 20.2 Å². The zero-order valence-corrected chi connectivity index (χ0v) is 11.2. The van der Waals surface area contributed by atoms with Gasteiger partial charge in [-0.2, -0.15) is 0 Å². The lowest BCUT2D eigenvalue weighted by Crippen LogP contribution is -2.50. The van der Waals surface area contributed by atoms with Gasteiger partial charge in [0.15, 0.2) is 0 Å². The second-order valence-electron chi connectivity index (χ2n) is 4.60. The van der Waals surface area contributed by atoms with E-state index in [1.165, 1.54) is 7.11 Å². The summed E-state index contributed by atoms with van der Waals surface area (Å²) >= 11 is 5.99. The SMILES string of the molecule is COC(=O)C1CN(Cc2ccc(O)c(Cl)c2C)C1. The number of esters is 1. The Bertz CT molecular complexity index is 470. The molecule has 0 atom stereocenters. The number of likely N-dealkylation sites (tertiary alicyclic amines) is 1. The number of hydrogen-bond donors (Lipinski definition) is 1. The van der Waals surface area contributed by atoms with E-state index in [9.17, 15) is 9.90 Å². The fourth-order valence-corrected chi connectivity index (χ4v) is 2.32. The number of carbonyl (C=O) groups excluding carboxylic acids is 1. The molecule has 1 aromatic carbocycles. The fraction of sp³-hybridized carbons (Fsp3) is 0.462. The topological polar surface area (TPSA) is 49.8 Å². The molecule has 0 amide bonds. The van der Waals surface area contributed by atoms with Crippen LogP contribution >= 0.6 is 11.6 Å². The Morgan fingerprint density at radius 1 is 1.56 bits per heavy atom. The van der Waals surface area contributed by atoms with Gasteiger partial charge in [0.2, 0.25) is 0 Å². The quantitative estimate of drug-likeness (QED) is 0.853. The molecule has 0 spiro atoms. The van der Waals surface area contributed by atoms with Crippen LogP contribution in [0.5, 0.6) is 5.75 Å². The molecule has 0 radical (unpaired) electrons. The van der Waals surface area contributed by atoms with Gasteiger partial charge in [-0.1, -0.05) is 17.7 Å². The lowest BCUT2D eigenvalue weighted by Gasteiger charge is -2.37. The minimum absolute atomic E-state index is 0.0112. The molecule has 1 heterocycles. The molecular weight excluding hydrogens is 254 g/mol. The van der Waals surface area contributed by atoms with Crippen molar-refractivity contribution in [3.63, 3.8) is 0 Å². The van der Waals surface area contributed by atoms with Crippen LogP contribution in [0.25, 0.3) is 0 Å². The summed E-state index contributed by atoms with van der Waals surface area (Å²) in [5.41, 5.74) is 1.96. The van der Waals surface area contributed by atoms with Crippen molar-refractivity contribution in [1.82, 2.24) is 4.90 Å². The Hall–Kier alpha value is -1.26. The van der Waals surface area contributed by atoms with Crippen molar-refractivity contribution in [1.29, 1.82) is 0 Å². The summed E-state index contributed by atoms with van der Waals surface area (Å²) in [5, 5.41) is 9.87. The maximum Gasteiger partial charge on any atom is 0.311 e. The van der Waals surface area contributed by atoms with Crippen LogP contribution in [0.4, 0.5) is 0 Å². The Kier molecular flexibility index (Phi) is 3.78. The number of halogens is 1. The highest BCUT2D eigenvalue weighted by molar-refractivity contribution is 6.32. The first-order chi connectivity index (χ1) is 8.52. The number of ether oxygens (including phenoxy) is 1. The first-order valence-electron chi connectivity index (χ1n) is 5.80. The van der Waals surface area contributed by atoms with E-state index in [4.69, 9.17) is 16.3 Å². The number of nitrogens with zero attached hydrogens (tertiary/aromatic N) is 1. The van der Waals surface area contributed by atoms with Gasteiger partial charge in [0.1, 0.15) is 5.75 Å². The standard InChI is InChI=1S/C13H16ClNO3/c1-8-9(3-4-11(16)12(8)14)5-15-6-10(7-15)13(17)18-2/h3-4,10,16H,5-7H2,1-2H3. The molecule has 0 saturated carbocycles. The third-order valence-corrected chi connectivity index (χ3v) is 3.84. The van der Waals surface area contributed by atoms with Crippen LogP contribution in [-0.4, -0.2) is 36.2 Å². The maximum atomic E-state index is 11.3. The van der Waals surface area contributed by atoms with E-state index in [1.807, 2.05) is 13.0 Å². The molecule has 1 saturated heterocycles. The van der Waals surface area contributed by atoms with Crippen molar-refractivity contribution < 1.29 is 14.6 Å². The van der Waals surface area contributed by atoms with Gasteiger partial charge in [-0.3, -0.25) is 9.69 Å². The number of methoxy groups -OCH3 is 1. The highest BCUT2D eigenvalue weighted by atomic mass is 35.5. The average Bonchev–Trinajstić information content (AvgIpc) is 2.32. The van der Waals surface area contributed by atoms with Crippen LogP contribution < -0.4 is 0 Å². The van der Waals surface area contributed by atoms with Crippen molar-refractivity contribution >= 4 is 17.6 Å². The van der Waals surface area contributed by atoms with Gasteiger partial charge < -0.3 is 9.84 Å². The van der Waals surface area contributed by atoms with E-state index in [1.54, 1.807) is 6.07 Å². The Morgan fingerprint density at radius 2 is 2.22 bits per heavy atom. The second-order valence-corrected chi connectivity index (χ2v) is 4.97.